The van der Waals surface area contributed by atoms with Crippen molar-refractivity contribution >= 4 is 9.84 Å². The van der Waals surface area contributed by atoms with Crippen molar-refractivity contribution in [2.75, 3.05) is 7.11 Å². The van der Waals surface area contributed by atoms with Gasteiger partial charge in [-0.25, -0.2) is 8.42 Å². The highest BCUT2D eigenvalue weighted by Gasteiger charge is 2.31. The molecule has 196 valence electrons. The molecular weight excluding hydrogens is 504 g/mol. The molecule has 0 N–H and O–H groups in total. The molecule has 0 aliphatic carbocycles. The van der Waals surface area contributed by atoms with Gasteiger partial charge in [-0.3, -0.25) is 0 Å². The largest absolute Gasteiger partial charge is 0.497 e. The molecule has 0 saturated carbocycles. The fourth-order valence-corrected chi connectivity index (χ4v) is 5.99. The molecule has 1 unspecified atom stereocenters. The molecule has 1 atom stereocenters. The van der Waals surface area contributed by atoms with E-state index >= 15 is 0 Å². The maximum absolute atomic E-state index is 13.0. The van der Waals surface area contributed by atoms with Crippen LogP contribution in [0.5, 0.6) is 17.2 Å². The Labute approximate surface area is 230 Å². The lowest BCUT2D eigenvalue weighted by Crippen LogP contribution is -2.25. The number of benzene rings is 5. The zero-order valence-corrected chi connectivity index (χ0v) is 23.0. The summed E-state index contributed by atoms with van der Waals surface area (Å²) in [6, 6.07) is 40.0. The topological polar surface area (TPSA) is 52.6 Å². The summed E-state index contributed by atoms with van der Waals surface area (Å²) in [7, 11) is -2.10. The maximum Gasteiger partial charge on any atom is 0.206 e. The fraction of sp³-hybridized carbons (Fsp3) is 0.118. The molecule has 0 bridgehead atoms. The predicted molar refractivity (Wildman–Crippen MR) is 155 cm³/mol. The zero-order chi connectivity index (χ0) is 27.5. The number of hydrogen-bond donors (Lipinski definition) is 0. The molecule has 0 amide bonds. The van der Waals surface area contributed by atoms with E-state index in [4.69, 9.17) is 9.47 Å². The van der Waals surface area contributed by atoms with Crippen LogP contribution in [0.3, 0.4) is 0 Å². The van der Waals surface area contributed by atoms with Crippen molar-refractivity contribution in [3.05, 3.63) is 150 Å². The van der Waals surface area contributed by atoms with Gasteiger partial charge in [-0.05, 0) is 91.2 Å². The molecule has 0 heterocycles. The van der Waals surface area contributed by atoms with Crippen LogP contribution in [0.2, 0.25) is 0 Å². The van der Waals surface area contributed by atoms with Crippen LogP contribution >= 0.6 is 0 Å². The summed E-state index contributed by atoms with van der Waals surface area (Å²) in [4.78, 5) is 0.412. The van der Waals surface area contributed by atoms with Crippen LogP contribution in [0.25, 0.3) is 0 Å². The minimum Gasteiger partial charge on any atom is -0.497 e. The zero-order valence-electron chi connectivity index (χ0n) is 22.2. The third-order valence-electron chi connectivity index (χ3n) is 7.15. The van der Waals surface area contributed by atoms with Gasteiger partial charge in [0.15, 0.2) is 0 Å². The molecule has 0 saturated heterocycles. The lowest BCUT2D eigenvalue weighted by Gasteiger charge is -2.32. The van der Waals surface area contributed by atoms with Gasteiger partial charge >= 0.3 is 0 Å². The summed E-state index contributed by atoms with van der Waals surface area (Å²) in [5, 5.41) is 0. The average molecular weight is 535 g/mol. The van der Waals surface area contributed by atoms with Gasteiger partial charge < -0.3 is 9.47 Å². The molecule has 5 aromatic carbocycles. The maximum atomic E-state index is 13.0. The summed E-state index contributed by atoms with van der Waals surface area (Å²) in [5.41, 5.74) is 4.44. The quantitative estimate of drug-likeness (QED) is 0.189. The predicted octanol–water partition coefficient (Wildman–Crippen LogP) is 7.98. The standard InChI is InChI=1S/C34H30O4S/c1-25-9-11-27(12-10-25)34(2,26-7-5-4-6-8-26)28-13-15-30(16-14-28)38-31-19-23-33(24-20-31)39(35,36)32-21-17-29(37-3)18-22-32/h4-24H,1-3H3. The number of hydrogen-bond acceptors (Lipinski definition) is 4. The minimum atomic E-state index is -3.64. The second kappa shape index (κ2) is 10.8. The SMILES string of the molecule is COc1ccc(S(=O)(=O)c2ccc(Oc3ccc(C(C)(c4ccccc4)c4ccc(C)cc4)cc3)cc2)cc1. The van der Waals surface area contributed by atoms with E-state index in [1.54, 1.807) is 55.6 Å². The summed E-state index contributed by atoms with van der Waals surface area (Å²) in [5.74, 6) is 1.83. The van der Waals surface area contributed by atoms with E-state index in [1.807, 2.05) is 18.2 Å². The van der Waals surface area contributed by atoms with Gasteiger partial charge in [0.05, 0.1) is 16.9 Å². The van der Waals surface area contributed by atoms with E-state index in [1.165, 1.54) is 16.7 Å². The van der Waals surface area contributed by atoms with E-state index in [9.17, 15) is 8.42 Å². The number of sulfone groups is 1. The van der Waals surface area contributed by atoms with Crippen LogP contribution in [0.1, 0.15) is 29.2 Å². The molecular formula is C34H30O4S. The smallest absolute Gasteiger partial charge is 0.206 e. The van der Waals surface area contributed by atoms with Crippen LogP contribution in [-0.2, 0) is 15.3 Å². The van der Waals surface area contributed by atoms with E-state index in [2.05, 4.69) is 74.5 Å². The molecule has 5 heteroatoms. The molecule has 5 rings (SSSR count). The van der Waals surface area contributed by atoms with Crippen LogP contribution in [0.15, 0.2) is 137 Å². The Balaban J connectivity index is 1.38. The summed E-state index contributed by atoms with van der Waals surface area (Å²) in [6.45, 7) is 4.33. The molecule has 0 fully saturated rings. The molecule has 0 radical (unpaired) electrons. The van der Waals surface area contributed by atoms with E-state index in [0.717, 1.165) is 5.56 Å². The summed E-state index contributed by atoms with van der Waals surface area (Å²) in [6.07, 6.45) is 0. The van der Waals surface area contributed by atoms with Crippen molar-refractivity contribution in [1.82, 2.24) is 0 Å². The van der Waals surface area contributed by atoms with E-state index in [0.29, 0.717) is 17.2 Å². The van der Waals surface area contributed by atoms with Gasteiger partial charge in [-0.1, -0.05) is 72.3 Å². The van der Waals surface area contributed by atoms with Crippen molar-refractivity contribution in [3.8, 4) is 17.2 Å². The van der Waals surface area contributed by atoms with Crippen molar-refractivity contribution < 1.29 is 17.9 Å². The minimum absolute atomic E-state index is 0.201. The highest BCUT2D eigenvalue weighted by Crippen LogP contribution is 2.39. The number of ether oxygens (including phenoxy) is 2. The van der Waals surface area contributed by atoms with E-state index in [-0.39, 0.29) is 15.2 Å². The Morgan fingerprint density at radius 1 is 0.538 bits per heavy atom. The van der Waals surface area contributed by atoms with Gasteiger partial charge in [-0.2, -0.15) is 0 Å². The Morgan fingerprint density at radius 2 is 0.949 bits per heavy atom. The fourth-order valence-electron chi connectivity index (χ4n) is 4.73. The molecule has 0 spiro atoms. The first-order chi connectivity index (χ1) is 18.8. The van der Waals surface area contributed by atoms with Crippen LogP contribution < -0.4 is 9.47 Å². The number of aryl methyl sites for hydroxylation is 1. The Morgan fingerprint density at radius 3 is 1.44 bits per heavy atom. The van der Waals surface area contributed by atoms with Gasteiger partial charge in [0, 0.05) is 5.41 Å². The second-order valence-corrected chi connectivity index (χ2v) is 11.6. The average Bonchev–Trinajstić information content (AvgIpc) is 2.98. The van der Waals surface area contributed by atoms with Gasteiger partial charge in [0.2, 0.25) is 9.84 Å². The van der Waals surface area contributed by atoms with E-state index < -0.39 is 9.84 Å². The first-order valence-electron chi connectivity index (χ1n) is 12.7. The van der Waals surface area contributed by atoms with Crippen LogP contribution in [0, 0.1) is 6.92 Å². The Bertz CT molecular complexity index is 1640. The number of rotatable bonds is 8. The van der Waals surface area contributed by atoms with Crippen molar-refractivity contribution in [2.45, 2.75) is 29.1 Å². The van der Waals surface area contributed by atoms with Crippen LogP contribution in [0.4, 0.5) is 0 Å². The summed E-state index contributed by atoms with van der Waals surface area (Å²) < 4.78 is 37.2. The normalized spacial score (nSPS) is 12.9. The monoisotopic (exact) mass is 534 g/mol. The number of methoxy groups -OCH3 is 1. The first kappa shape index (κ1) is 26.3. The van der Waals surface area contributed by atoms with Crippen molar-refractivity contribution in [2.24, 2.45) is 0 Å². The van der Waals surface area contributed by atoms with Crippen LogP contribution in [-0.4, -0.2) is 15.5 Å². The van der Waals surface area contributed by atoms with Gasteiger partial charge in [-0.15, -0.1) is 0 Å². The Hall–Kier alpha value is -4.35. The molecule has 39 heavy (non-hydrogen) atoms. The van der Waals surface area contributed by atoms with Crippen molar-refractivity contribution in [3.63, 3.8) is 0 Å². The van der Waals surface area contributed by atoms with Gasteiger partial charge in [0.1, 0.15) is 17.2 Å². The highest BCUT2D eigenvalue weighted by molar-refractivity contribution is 7.91. The molecule has 5 aromatic rings. The molecule has 0 aliphatic heterocycles. The molecule has 0 aliphatic rings. The third-order valence-corrected chi connectivity index (χ3v) is 8.94. The lowest BCUT2D eigenvalue weighted by atomic mass is 9.71. The molecule has 0 aromatic heterocycles. The Kier molecular flexibility index (Phi) is 7.27. The summed E-state index contributed by atoms with van der Waals surface area (Å²) >= 11 is 0. The molecule has 4 nitrogen and oxygen atoms in total. The second-order valence-electron chi connectivity index (χ2n) is 9.63. The lowest BCUT2D eigenvalue weighted by molar-refractivity contribution is 0.414. The third kappa shape index (κ3) is 5.31. The highest BCUT2D eigenvalue weighted by atomic mass is 32.2. The van der Waals surface area contributed by atoms with Gasteiger partial charge in [0.25, 0.3) is 0 Å². The van der Waals surface area contributed by atoms with Crippen molar-refractivity contribution in [1.29, 1.82) is 0 Å². The first-order valence-corrected chi connectivity index (χ1v) is 14.2.